The number of nitrogen functional groups attached to an aromatic ring is 1. The van der Waals surface area contributed by atoms with Gasteiger partial charge in [0.05, 0.1) is 41.9 Å². The number of hydrogen-bond acceptors (Lipinski definition) is 8. The Morgan fingerprint density at radius 2 is 1.85 bits per heavy atom. The summed E-state index contributed by atoms with van der Waals surface area (Å²) in [6.45, 7) is 4.18. The molecule has 1 aromatic carbocycles. The topological polar surface area (TPSA) is 128 Å². The molecule has 0 radical (unpaired) electrons. The molecule has 2 aliphatic rings. The first kappa shape index (κ1) is 27.8. The number of fused-ring (bicyclic) bond motifs is 1. The molecule has 1 aliphatic carbocycles. The van der Waals surface area contributed by atoms with Crippen molar-refractivity contribution in [3.8, 4) is 22.4 Å². The molecule has 0 bridgehead atoms. The van der Waals surface area contributed by atoms with Crippen LogP contribution < -0.4 is 5.73 Å². The fraction of sp³-hybridized carbons (Fsp3) is 0.400. The molecule has 0 amide bonds. The highest BCUT2D eigenvalue weighted by molar-refractivity contribution is 9.10. The first-order valence-corrected chi connectivity index (χ1v) is 14.8. The third-order valence-electron chi connectivity index (χ3n) is 8.25. The van der Waals surface area contributed by atoms with Gasteiger partial charge in [-0.2, -0.15) is 9.61 Å². The smallest absolute Gasteiger partial charge is 0.335 e. The zero-order chi connectivity index (χ0) is 28.4. The summed E-state index contributed by atoms with van der Waals surface area (Å²) in [6, 6.07) is 14.0. The molecule has 2 fully saturated rings. The van der Waals surface area contributed by atoms with Crippen molar-refractivity contribution >= 4 is 33.4 Å². The van der Waals surface area contributed by atoms with Crippen LogP contribution in [-0.2, 0) is 14.3 Å². The number of nitrogens with zero attached hydrogens (tertiary/aromatic N) is 5. The van der Waals surface area contributed by atoms with Crippen molar-refractivity contribution in [1.82, 2.24) is 24.5 Å². The first-order valence-electron chi connectivity index (χ1n) is 14.0. The van der Waals surface area contributed by atoms with Crippen LogP contribution in [0.1, 0.15) is 37.3 Å². The summed E-state index contributed by atoms with van der Waals surface area (Å²) >= 11 is 3.66. The van der Waals surface area contributed by atoms with E-state index in [-0.39, 0.29) is 5.92 Å². The van der Waals surface area contributed by atoms with E-state index in [1.807, 2.05) is 48.7 Å². The predicted octanol–water partition coefficient (Wildman–Crippen LogP) is 4.63. The zero-order valence-corrected chi connectivity index (χ0v) is 24.3. The lowest BCUT2D eigenvalue weighted by Crippen LogP contribution is -2.47. The second kappa shape index (κ2) is 11.8. The Labute approximate surface area is 246 Å². The molecule has 0 unspecified atom stereocenters. The molecule has 0 atom stereocenters. The van der Waals surface area contributed by atoms with Crippen LogP contribution in [0.5, 0.6) is 0 Å². The molecule has 6 rings (SSSR count). The molecule has 3 aromatic heterocycles. The van der Waals surface area contributed by atoms with E-state index in [2.05, 4.69) is 30.9 Å². The van der Waals surface area contributed by atoms with Gasteiger partial charge in [0.15, 0.2) is 11.2 Å². The first-order chi connectivity index (χ1) is 19.9. The summed E-state index contributed by atoms with van der Waals surface area (Å²) in [4.78, 5) is 24.3. The van der Waals surface area contributed by atoms with E-state index in [1.54, 1.807) is 10.7 Å². The Morgan fingerprint density at radius 3 is 2.54 bits per heavy atom. The quantitative estimate of drug-likeness (QED) is 0.289. The van der Waals surface area contributed by atoms with Crippen molar-refractivity contribution < 1.29 is 19.4 Å². The van der Waals surface area contributed by atoms with E-state index >= 15 is 0 Å². The van der Waals surface area contributed by atoms with Crippen molar-refractivity contribution in [3.05, 3.63) is 65.0 Å². The number of halogens is 1. The SMILES string of the molecule is Nc1c(Br)c([C@H]2CC[C@](OCCN3CCOCC3)(C(=O)O)CC2)nc2c(-c3ccc(-c4ccccc4)nc3)cnn12. The van der Waals surface area contributed by atoms with Crippen LogP contribution in [0.2, 0.25) is 0 Å². The summed E-state index contributed by atoms with van der Waals surface area (Å²) in [5.74, 6) is -0.403. The number of aliphatic carboxylic acids is 1. The molecule has 11 heteroatoms. The minimum atomic E-state index is -1.18. The lowest BCUT2D eigenvalue weighted by molar-refractivity contribution is -0.172. The molecule has 3 N–H and O–H groups in total. The second-order valence-corrected chi connectivity index (χ2v) is 11.5. The van der Waals surface area contributed by atoms with Crippen molar-refractivity contribution in [3.63, 3.8) is 0 Å². The van der Waals surface area contributed by atoms with Gasteiger partial charge in [0.25, 0.3) is 0 Å². The molecular weight excluding hydrogens is 588 g/mol. The van der Waals surface area contributed by atoms with Gasteiger partial charge < -0.3 is 20.3 Å². The molecule has 214 valence electrons. The van der Waals surface area contributed by atoms with E-state index in [9.17, 15) is 9.90 Å². The number of pyridine rings is 1. The van der Waals surface area contributed by atoms with Gasteiger partial charge >= 0.3 is 5.97 Å². The van der Waals surface area contributed by atoms with Crippen LogP contribution in [0, 0.1) is 0 Å². The maximum Gasteiger partial charge on any atom is 0.335 e. The van der Waals surface area contributed by atoms with Crippen LogP contribution in [0.3, 0.4) is 0 Å². The molecule has 10 nitrogen and oxygen atoms in total. The highest BCUT2D eigenvalue weighted by Gasteiger charge is 2.44. The van der Waals surface area contributed by atoms with Gasteiger partial charge in [0, 0.05) is 48.4 Å². The minimum Gasteiger partial charge on any atom is -0.479 e. The van der Waals surface area contributed by atoms with Gasteiger partial charge in [-0.15, -0.1) is 0 Å². The van der Waals surface area contributed by atoms with Crippen molar-refractivity contribution in [2.24, 2.45) is 0 Å². The Bertz CT molecular complexity index is 1510. The number of nitrogens with two attached hydrogens (primary N) is 1. The van der Waals surface area contributed by atoms with Crippen LogP contribution >= 0.6 is 15.9 Å². The molecule has 41 heavy (non-hydrogen) atoms. The van der Waals surface area contributed by atoms with E-state index < -0.39 is 11.6 Å². The van der Waals surface area contributed by atoms with Gasteiger partial charge in [-0.1, -0.05) is 36.4 Å². The summed E-state index contributed by atoms with van der Waals surface area (Å²) in [6.07, 6.45) is 5.66. The second-order valence-electron chi connectivity index (χ2n) is 10.7. The van der Waals surface area contributed by atoms with Gasteiger partial charge in [-0.25, -0.2) is 9.78 Å². The maximum absolute atomic E-state index is 12.4. The number of benzene rings is 1. The summed E-state index contributed by atoms with van der Waals surface area (Å²) in [5, 5.41) is 14.6. The number of carbonyl (C=O) groups is 1. The number of morpholine rings is 1. The molecule has 0 spiro atoms. The minimum absolute atomic E-state index is 0.0355. The number of anilines is 1. The predicted molar refractivity (Wildman–Crippen MR) is 159 cm³/mol. The standard InChI is InChI=1S/C30H33BrN6O4/c31-25-26(21-8-10-30(11-9-21,29(38)39)41-17-14-36-12-15-40-16-13-36)35-28-23(19-34-37(28)27(25)32)22-6-7-24(33-18-22)20-4-2-1-3-5-20/h1-7,18-19,21H,8-17,32H2,(H,38,39)/t21-,30+. The largest absolute Gasteiger partial charge is 0.479 e. The average molecular weight is 622 g/mol. The number of hydrogen-bond donors (Lipinski definition) is 2. The van der Waals surface area contributed by atoms with Crippen molar-refractivity contribution in [1.29, 1.82) is 0 Å². The lowest BCUT2D eigenvalue weighted by Gasteiger charge is -2.37. The summed E-state index contributed by atoms with van der Waals surface area (Å²) in [7, 11) is 0. The highest BCUT2D eigenvalue weighted by atomic mass is 79.9. The zero-order valence-electron chi connectivity index (χ0n) is 22.7. The van der Waals surface area contributed by atoms with Crippen LogP contribution in [-0.4, -0.2) is 80.6 Å². The van der Waals surface area contributed by atoms with Gasteiger partial charge in [0.1, 0.15) is 5.82 Å². The third-order valence-corrected chi connectivity index (χ3v) is 9.06. The fourth-order valence-corrected chi connectivity index (χ4v) is 6.37. The Hall–Kier alpha value is -3.38. The van der Waals surface area contributed by atoms with Gasteiger partial charge in [0.2, 0.25) is 0 Å². The molecule has 4 aromatic rings. The fourth-order valence-electron chi connectivity index (χ4n) is 5.79. The maximum atomic E-state index is 12.4. The number of carboxylic acids is 1. The average Bonchev–Trinajstić information content (AvgIpc) is 3.44. The van der Waals surface area contributed by atoms with Crippen LogP contribution in [0.15, 0.2) is 59.3 Å². The monoisotopic (exact) mass is 620 g/mol. The summed E-state index contributed by atoms with van der Waals surface area (Å²) in [5.41, 5.74) is 10.5. The Morgan fingerprint density at radius 1 is 1.10 bits per heavy atom. The molecule has 1 saturated heterocycles. The molecule has 4 heterocycles. The molecular formula is C30H33BrN6O4. The normalized spacial score (nSPS) is 21.7. The molecule has 1 aliphatic heterocycles. The van der Waals surface area contributed by atoms with Crippen LogP contribution in [0.25, 0.3) is 28.0 Å². The number of aromatic nitrogens is 4. The van der Waals surface area contributed by atoms with E-state index in [4.69, 9.17) is 20.2 Å². The van der Waals surface area contributed by atoms with E-state index in [0.717, 1.165) is 41.2 Å². The highest BCUT2D eigenvalue weighted by Crippen LogP contribution is 2.43. The van der Waals surface area contributed by atoms with Crippen molar-refractivity contribution in [2.75, 3.05) is 45.2 Å². The third kappa shape index (κ3) is 5.59. The van der Waals surface area contributed by atoms with E-state index in [0.29, 0.717) is 68.0 Å². The van der Waals surface area contributed by atoms with Crippen molar-refractivity contribution in [2.45, 2.75) is 37.2 Å². The van der Waals surface area contributed by atoms with Gasteiger partial charge in [-0.3, -0.25) is 9.88 Å². The van der Waals surface area contributed by atoms with Crippen LogP contribution in [0.4, 0.5) is 5.82 Å². The Kier molecular flexibility index (Phi) is 8.03. The van der Waals surface area contributed by atoms with E-state index in [1.165, 1.54) is 0 Å². The Balaban J connectivity index is 1.21. The number of carboxylic acid groups (broad SMARTS) is 1. The summed E-state index contributed by atoms with van der Waals surface area (Å²) < 4.78 is 13.8. The van der Waals surface area contributed by atoms with Gasteiger partial charge in [-0.05, 0) is 47.7 Å². The lowest BCUT2D eigenvalue weighted by atomic mass is 9.77. The number of rotatable bonds is 8. The molecule has 1 saturated carbocycles. The number of ether oxygens (including phenoxy) is 2.